The minimum Gasteiger partial charge on any atom is -0.354 e. The van der Waals surface area contributed by atoms with Gasteiger partial charge in [-0.1, -0.05) is 42.6 Å². The van der Waals surface area contributed by atoms with Crippen LogP contribution in [-0.2, 0) is 11.3 Å². The lowest BCUT2D eigenvalue weighted by atomic mass is 9.94. The Kier molecular flexibility index (Phi) is 6.59. The Morgan fingerprint density at radius 1 is 1.46 bits per heavy atom. The fraction of sp³-hybridized carbons (Fsp3) is 0.375. The van der Waals surface area contributed by atoms with E-state index in [1.165, 1.54) is 11.0 Å². The molecule has 1 amide bonds. The molecule has 0 spiro atoms. The van der Waals surface area contributed by atoms with E-state index < -0.39 is 0 Å². The van der Waals surface area contributed by atoms with Gasteiger partial charge in [-0.3, -0.25) is 4.79 Å². The van der Waals surface area contributed by atoms with Gasteiger partial charge < -0.3 is 5.32 Å². The Morgan fingerprint density at radius 2 is 2.25 bits per heavy atom. The Hall–Kier alpha value is -2.10. The minimum absolute atomic E-state index is 0.0157. The third-order valence-corrected chi connectivity index (χ3v) is 4.09. The molecular weight excluding hydrogens is 349 g/mol. The number of rotatable bonds is 7. The molecule has 0 aliphatic carbocycles. The van der Waals surface area contributed by atoms with Crippen LogP contribution in [0.15, 0.2) is 24.5 Å². The normalized spacial score (nSPS) is 11.8. The lowest BCUT2D eigenvalue weighted by Crippen LogP contribution is -2.31. The number of hydrogen-bond acceptors (Lipinski definition) is 4. The van der Waals surface area contributed by atoms with Crippen LogP contribution in [0.4, 0.5) is 0 Å². The van der Waals surface area contributed by atoms with E-state index in [1.54, 1.807) is 12.1 Å². The maximum Gasteiger partial charge on any atom is 0.252 e. The van der Waals surface area contributed by atoms with Crippen molar-refractivity contribution in [2.45, 2.75) is 32.2 Å². The predicted octanol–water partition coefficient (Wildman–Crippen LogP) is 3.16. The molecule has 2 rings (SSSR count). The van der Waals surface area contributed by atoms with E-state index in [0.29, 0.717) is 16.6 Å². The van der Waals surface area contributed by atoms with Gasteiger partial charge in [-0.15, -0.1) is 5.10 Å². The van der Waals surface area contributed by atoms with E-state index in [4.69, 9.17) is 28.5 Å². The summed E-state index contributed by atoms with van der Waals surface area (Å²) in [6, 6.07) is 7.22. The van der Waals surface area contributed by atoms with Gasteiger partial charge in [0.25, 0.3) is 5.82 Å². The van der Waals surface area contributed by atoms with Crippen molar-refractivity contribution in [2.24, 2.45) is 0 Å². The van der Waals surface area contributed by atoms with Crippen LogP contribution in [0.1, 0.15) is 37.1 Å². The van der Waals surface area contributed by atoms with Gasteiger partial charge in [-0.25, -0.2) is 9.67 Å². The number of carbonyl (C=O) groups excluding carboxylic acids is 1. The lowest BCUT2D eigenvalue weighted by molar-refractivity contribution is -0.121. The maximum absolute atomic E-state index is 12.1. The van der Waals surface area contributed by atoms with Crippen molar-refractivity contribution >= 4 is 29.1 Å². The maximum atomic E-state index is 12.1. The molecule has 0 bridgehead atoms. The highest BCUT2D eigenvalue weighted by Gasteiger charge is 2.16. The highest BCUT2D eigenvalue weighted by atomic mass is 35.5. The molecule has 6 nitrogen and oxygen atoms in total. The first-order valence-electron chi connectivity index (χ1n) is 7.54. The van der Waals surface area contributed by atoms with Gasteiger partial charge in [0.2, 0.25) is 5.91 Å². The highest BCUT2D eigenvalue weighted by Crippen LogP contribution is 2.30. The highest BCUT2D eigenvalue weighted by molar-refractivity contribution is 6.35. The number of nitriles is 1. The second-order valence-electron chi connectivity index (χ2n) is 5.33. The summed E-state index contributed by atoms with van der Waals surface area (Å²) in [5.74, 6) is -0.0516. The number of hydrogen-bond donors (Lipinski definition) is 1. The summed E-state index contributed by atoms with van der Waals surface area (Å²) in [6.07, 6.45) is 3.22. The third kappa shape index (κ3) is 4.95. The van der Waals surface area contributed by atoms with Crippen LogP contribution in [0.25, 0.3) is 0 Å². The molecule has 0 fully saturated rings. The number of benzene rings is 1. The average molecular weight is 366 g/mol. The van der Waals surface area contributed by atoms with Gasteiger partial charge in [0, 0.05) is 22.5 Å². The van der Waals surface area contributed by atoms with E-state index in [2.05, 4.69) is 22.3 Å². The second-order valence-corrected chi connectivity index (χ2v) is 6.18. The fourth-order valence-corrected chi connectivity index (χ4v) is 2.97. The third-order valence-electron chi connectivity index (χ3n) is 3.53. The Bertz CT molecular complexity index is 753. The van der Waals surface area contributed by atoms with E-state index in [1.807, 2.05) is 12.1 Å². The molecule has 24 heavy (non-hydrogen) atoms. The topological polar surface area (TPSA) is 83.6 Å². The number of carbonyl (C=O) groups is 1. The molecule has 1 aromatic heterocycles. The Labute approximate surface area is 150 Å². The standard InChI is InChI=1S/C16H17Cl2N5O/c1-2-3-11(13-5-4-12(17)6-14(13)18)8-20-16(24)9-23-10-21-15(7-19)22-23/h4-6,10-11H,2-3,8-9H2,1H3,(H,20,24)/t11-/m1/s1. The first-order valence-corrected chi connectivity index (χ1v) is 8.30. The Morgan fingerprint density at radius 3 is 2.88 bits per heavy atom. The number of aromatic nitrogens is 3. The molecule has 2 aromatic rings. The van der Waals surface area contributed by atoms with Gasteiger partial charge in [0.1, 0.15) is 18.9 Å². The molecule has 1 N–H and O–H groups in total. The van der Waals surface area contributed by atoms with E-state index in [-0.39, 0.29) is 24.2 Å². The van der Waals surface area contributed by atoms with Gasteiger partial charge in [0.05, 0.1) is 0 Å². The van der Waals surface area contributed by atoms with Crippen LogP contribution in [0.2, 0.25) is 10.0 Å². The molecule has 0 saturated heterocycles. The summed E-state index contributed by atoms with van der Waals surface area (Å²) in [5, 5.41) is 16.6. The van der Waals surface area contributed by atoms with Crippen molar-refractivity contribution in [1.29, 1.82) is 5.26 Å². The van der Waals surface area contributed by atoms with E-state index in [9.17, 15) is 4.79 Å². The molecule has 0 radical (unpaired) electrons. The van der Waals surface area contributed by atoms with Crippen molar-refractivity contribution in [1.82, 2.24) is 20.1 Å². The number of amides is 1. The largest absolute Gasteiger partial charge is 0.354 e. The quantitative estimate of drug-likeness (QED) is 0.816. The number of nitrogens with one attached hydrogen (secondary N) is 1. The molecule has 126 valence electrons. The summed E-state index contributed by atoms with van der Waals surface area (Å²) >= 11 is 12.2. The molecule has 0 unspecified atom stereocenters. The SMILES string of the molecule is CCC[C@H](CNC(=O)Cn1cnc(C#N)n1)c1ccc(Cl)cc1Cl. The van der Waals surface area contributed by atoms with E-state index >= 15 is 0 Å². The smallest absolute Gasteiger partial charge is 0.252 e. The van der Waals surface area contributed by atoms with Crippen molar-refractivity contribution in [3.8, 4) is 6.07 Å². The first-order chi connectivity index (χ1) is 11.5. The molecule has 1 aromatic carbocycles. The van der Waals surface area contributed by atoms with Crippen molar-refractivity contribution < 1.29 is 4.79 Å². The van der Waals surface area contributed by atoms with E-state index in [0.717, 1.165) is 18.4 Å². The zero-order chi connectivity index (χ0) is 17.5. The second kappa shape index (κ2) is 8.67. The zero-order valence-corrected chi connectivity index (χ0v) is 14.7. The molecule has 0 aliphatic heterocycles. The number of halogens is 2. The van der Waals surface area contributed by atoms with Crippen molar-refractivity contribution in [2.75, 3.05) is 6.54 Å². The molecule has 1 heterocycles. The van der Waals surface area contributed by atoms with Crippen LogP contribution >= 0.6 is 23.2 Å². The molecule has 8 heteroatoms. The van der Waals surface area contributed by atoms with Crippen LogP contribution < -0.4 is 5.32 Å². The molecule has 0 aliphatic rings. The van der Waals surface area contributed by atoms with Crippen LogP contribution in [-0.4, -0.2) is 27.2 Å². The summed E-state index contributed by atoms with van der Waals surface area (Å²) in [4.78, 5) is 15.8. The lowest BCUT2D eigenvalue weighted by Gasteiger charge is -2.19. The van der Waals surface area contributed by atoms with Crippen molar-refractivity contribution in [3.63, 3.8) is 0 Å². The van der Waals surface area contributed by atoms with Crippen LogP contribution in [0, 0.1) is 11.3 Å². The van der Waals surface area contributed by atoms with Crippen molar-refractivity contribution in [3.05, 3.63) is 46.0 Å². The summed E-state index contributed by atoms with van der Waals surface area (Å²) in [6.45, 7) is 2.56. The average Bonchev–Trinajstić information content (AvgIpc) is 2.99. The van der Waals surface area contributed by atoms with Gasteiger partial charge >= 0.3 is 0 Å². The van der Waals surface area contributed by atoms with Gasteiger partial charge in [0.15, 0.2) is 0 Å². The fourth-order valence-electron chi connectivity index (χ4n) is 2.41. The Balaban J connectivity index is 1.97. The molecular formula is C16H17Cl2N5O. The van der Waals surface area contributed by atoms with Gasteiger partial charge in [-0.2, -0.15) is 5.26 Å². The molecule has 0 saturated carbocycles. The summed E-state index contributed by atoms with van der Waals surface area (Å²) in [7, 11) is 0. The molecule has 1 atom stereocenters. The van der Waals surface area contributed by atoms with Crippen LogP contribution in [0.3, 0.4) is 0 Å². The zero-order valence-electron chi connectivity index (χ0n) is 13.2. The van der Waals surface area contributed by atoms with Gasteiger partial charge in [-0.05, 0) is 24.1 Å². The summed E-state index contributed by atoms with van der Waals surface area (Å²) in [5.41, 5.74) is 0.968. The predicted molar refractivity (Wildman–Crippen MR) is 91.9 cm³/mol. The first kappa shape index (κ1) is 18.2. The van der Waals surface area contributed by atoms with Crippen LogP contribution in [0.5, 0.6) is 0 Å². The minimum atomic E-state index is -0.199. The summed E-state index contributed by atoms with van der Waals surface area (Å²) < 4.78 is 1.33. The monoisotopic (exact) mass is 365 g/mol. The number of nitrogens with zero attached hydrogens (tertiary/aromatic N) is 4.